The SMILES string of the molecule is CN1CC(C(=O)c2ccccc2)C(c2ccccc2)C=C1c1ccccc1. The van der Waals surface area contributed by atoms with Gasteiger partial charge in [-0.1, -0.05) is 97.1 Å². The first kappa shape index (κ1) is 17.3. The zero-order valence-electron chi connectivity index (χ0n) is 15.5. The molecule has 0 amide bonds. The lowest BCUT2D eigenvalue weighted by Gasteiger charge is -2.37. The Morgan fingerprint density at radius 3 is 2.00 bits per heavy atom. The van der Waals surface area contributed by atoms with Crippen LogP contribution < -0.4 is 0 Å². The van der Waals surface area contributed by atoms with Crippen molar-refractivity contribution >= 4 is 11.5 Å². The van der Waals surface area contributed by atoms with E-state index in [1.54, 1.807) is 0 Å². The number of nitrogens with zero attached hydrogens (tertiary/aromatic N) is 1. The van der Waals surface area contributed by atoms with Crippen molar-refractivity contribution in [2.75, 3.05) is 13.6 Å². The van der Waals surface area contributed by atoms with Gasteiger partial charge in [-0.2, -0.15) is 0 Å². The first-order valence-electron chi connectivity index (χ1n) is 9.36. The molecular formula is C25H23NO. The first-order chi connectivity index (χ1) is 13.2. The summed E-state index contributed by atoms with van der Waals surface area (Å²) in [5.74, 6) is 0.164. The van der Waals surface area contributed by atoms with Crippen LogP contribution in [0, 0.1) is 5.92 Å². The van der Waals surface area contributed by atoms with E-state index >= 15 is 0 Å². The van der Waals surface area contributed by atoms with Crippen molar-refractivity contribution < 1.29 is 4.79 Å². The van der Waals surface area contributed by atoms with Gasteiger partial charge in [0, 0.05) is 30.8 Å². The summed E-state index contributed by atoms with van der Waals surface area (Å²) in [5, 5.41) is 0. The van der Waals surface area contributed by atoms with Crippen molar-refractivity contribution in [3.05, 3.63) is 114 Å². The zero-order chi connectivity index (χ0) is 18.6. The Labute approximate surface area is 160 Å². The molecule has 1 aliphatic rings. The monoisotopic (exact) mass is 353 g/mol. The third-order valence-electron chi connectivity index (χ3n) is 5.30. The molecule has 1 heterocycles. The molecule has 2 unspecified atom stereocenters. The van der Waals surface area contributed by atoms with Gasteiger partial charge in [-0.05, 0) is 11.1 Å². The maximum Gasteiger partial charge on any atom is 0.168 e. The minimum absolute atomic E-state index is 0.0605. The lowest BCUT2D eigenvalue weighted by molar-refractivity contribution is 0.0886. The van der Waals surface area contributed by atoms with Crippen molar-refractivity contribution in [2.24, 2.45) is 5.92 Å². The molecule has 27 heavy (non-hydrogen) atoms. The van der Waals surface area contributed by atoms with E-state index in [1.165, 1.54) is 16.8 Å². The summed E-state index contributed by atoms with van der Waals surface area (Å²) in [6, 6.07) is 30.4. The largest absolute Gasteiger partial charge is 0.374 e. The van der Waals surface area contributed by atoms with Crippen LogP contribution in [0.4, 0.5) is 0 Å². The number of hydrogen-bond acceptors (Lipinski definition) is 2. The first-order valence-corrected chi connectivity index (χ1v) is 9.36. The van der Waals surface area contributed by atoms with E-state index in [0.717, 1.165) is 5.56 Å². The van der Waals surface area contributed by atoms with Gasteiger partial charge in [0.1, 0.15) is 0 Å². The van der Waals surface area contributed by atoms with Gasteiger partial charge in [-0.3, -0.25) is 4.79 Å². The average Bonchev–Trinajstić information content (AvgIpc) is 2.75. The summed E-state index contributed by atoms with van der Waals surface area (Å²) in [7, 11) is 2.07. The molecule has 2 atom stereocenters. The topological polar surface area (TPSA) is 20.3 Å². The summed E-state index contributed by atoms with van der Waals surface area (Å²) in [4.78, 5) is 15.5. The Bertz CT molecular complexity index is 932. The van der Waals surface area contributed by atoms with Crippen molar-refractivity contribution in [3.8, 4) is 0 Å². The molecule has 0 fully saturated rings. The summed E-state index contributed by atoms with van der Waals surface area (Å²) >= 11 is 0. The second-order valence-electron chi connectivity index (χ2n) is 7.07. The molecule has 0 aromatic heterocycles. The Morgan fingerprint density at radius 1 is 0.815 bits per heavy atom. The highest BCUT2D eigenvalue weighted by Gasteiger charge is 2.34. The van der Waals surface area contributed by atoms with E-state index in [2.05, 4.69) is 54.4 Å². The Balaban J connectivity index is 1.78. The summed E-state index contributed by atoms with van der Waals surface area (Å²) < 4.78 is 0. The van der Waals surface area contributed by atoms with Gasteiger partial charge in [0.15, 0.2) is 5.78 Å². The molecular weight excluding hydrogens is 330 g/mol. The van der Waals surface area contributed by atoms with Crippen LogP contribution in [0.25, 0.3) is 5.70 Å². The molecule has 134 valence electrons. The fourth-order valence-corrected chi connectivity index (χ4v) is 3.91. The molecule has 0 radical (unpaired) electrons. The molecule has 0 bridgehead atoms. The van der Waals surface area contributed by atoms with Gasteiger partial charge >= 0.3 is 0 Å². The van der Waals surface area contributed by atoms with Crippen molar-refractivity contribution in [3.63, 3.8) is 0 Å². The smallest absolute Gasteiger partial charge is 0.168 e. The minimum Gasteiger partial charge on any atom is -0.374 e. The average molecular weight is 353 g/mol. The summed E-state index contributed by atoms with van der Waals surface area (Å²) in [6.07, 6.45) is 2.26. The van der Waals surface area contributed by atoms with Gasteiger partial charge in [-0.15, -0.1) is 0 Å². The molecule has 3 aromatic carbocycles. The molecule has 0 N–H and O–H groups in total. The van der Waals surface area contributed by atoms with Gasteiger partial charge in [-0.25, -0.2) is 0 Å². The van der Waals surface area contributed by atoms with Crippen LogP contribution in [0.3, 0.4) is 0 Å². The fourth-order valence-electron chi connectivity index (χ4n) is 3.91. The lowest BCUT2D eigenvalue weighted by atomic mass is 9.77. The molecule has 4 rings (SSSR count). The van der Waals surface area contributed by atoms with E-state index in [0.29, 0.717) is 6.54 Å². The van der Waals surface area contributed by atoms with Gasteiger partial charge in [0.2, 0.25) is 0 Å². The Morgan fingerprint density at radius 2 is 1.37 bits per heavy atom. The van der Waals surface area contributed by atoms with E-state index in [-0.39, 0.29) is 17.6 Å². The number of allylic oxidation sites excluding steroid dienone is 1. The van der Waals surface area contributed by atoms with Crippen LogP contribution in [0.1, 0.15) is 27.4 Å². The second kappa shape index (κ2) is 7.63. The predicted octanol–water partition coefficient (Wildman–Crippen LogP) is 5.26. The summed E-state index contributed by atoms with van der Waals surface area (Å²) in [5.41, 5.74) is 4.34. The standard InChI is InChI=1S/C25H23NO/c1-26-18-23(25(27)21-15-9-4-10-16-21)22(19-11-5-2-6-12-19)17-24(26)20-13-7-3-8-14-20/h2-17,22-23H,18H2,1H3. The highest BCUT2D eigenvalue weighted by molar-refractivity contribution is 5.99. The molecule has 0 saturated carbocycles. The predicted molar refractivity (Wildman–Crippen MR) is 110 cm³/mol. The van der Waals surface area contributed by atoms with Crippen molar-refractivity contribution in [1.29, 1.82) is 0 Å². The molecule has 2 heteroatoms. The highest BCUT2D eigenvalue weighted by atomic mass is 16.1. The molecule has 3 aromatic rings. The third kappa shape index (κ3) is 3.56. The maximum atomic E-state index is 13.3. The number of benzene rings is 3. The Kier molecular flexibility index (Phi) is 4.88. The van der Waals surface area contributed by atoms with E-state index in [9.17, 15) is 4.79 Å². The molecule has 0 saturated heterocycles. The van der Waals surface area contributed by atoms with Crippen molar-refractivity contribution in [1.82, 2.24) is 4.90 Å². The number of rotatable bonds is 4. The van der Waals surface area contributed by atoms with Crippen LogP contribution in [-0.4, -0.2) is 24.3 Å². The molecule has 0 spiro atoms. The quantitative estimate of drug-likeness (QED) is 0.597. The van der Waals surface area contributed by atoms with Crippen LogP contribution >= 0.6 is 0 Å². The number of carbonyl (C=O) groups excluding carboxylic acids is 1. The van der Waals surface area contributed by atoms with E-state index in [4.69, 9.17) is 0 Å². The van der Waals surface area contributed by atoms with Crippen LogP contribution in [-0.2, 0) is 0 Å². The van der Waals surface area contributed by atoms with Crippen LogP contribution in [0.2, 0.25) is 0 Å². The fraction of sp³-hybridized carbons (Fsp3) is 0.160. The molecule has 2 nitrogen and oxygen atoms in total. The Hall–Kier alpha value is -3.13. The van der Waals surface area contributed by atoms with Gasteiger partial charge in [0.25, 0.3) is 0 Å². The second-order valence-corrected chi connectivity index (χ2v) is 7.07. The van der Waals surface area contributed by atoms with Crippen LogP contribution in [0.5, 0.6) is 0 Å². The zero-order valence-corrected chi connectivity index (χ0v) is 15.5. The van der Waals surface area contributed by atoms with E-state index < -0.39 is 0 Å². The molecule has 0 aliphatic carbocycles. The molecule has 1 aliphatic heterocycles. The normalized spacial score (nSPS) is 19.4. The van der Waals surface area contributed by atoms with Crippen molar-refractivity contribution in [2.45, 2.75) is 5.92 Å². The number of hydrogen-bond donors (Lipinski definition) is 0. The number of Topliss-reactive ketones (excluding diaryl/α,β-unsaturated/α-hetero) is 1. The number of carbonyl (C=O) groups is 1. The number of ketones is 1. The van der Waals surface area contributed by atoms with E-state index in [1.807, 2.05) is 54.6 Å². The lowest BCUT2D eigenvalue weighted by Crippen LogP contribution is -2.37. The highest BCUT2D eigenvalue weighted by Crippen LogP contribution is 2.38. The van der Waals surface area contributed by atoms with Crippen LogP contribution in [0.15, 0.2) is 97.1 Å². The van der Waals surface area contributed by atoms with Gasteiger partial charge < -0.3 is 4.90 Å². The third-order valence-corrected chi connectivity index (χ3v) is 5.30. The van der Waals surface area contributed by atoms with Gasteiger partial charge in [0.05, 0.1) is 5.92 Å². The maximum absolute atomic E-state index is 13.3. The summed E-state index contributed by atoms with van der Waals surface area (Å²) in [6.45, 7) is 0.702. The minimum atomic E-state index is -0.104.